The average Bonchev–Trinajstić information content (AvgIpc) is 2.64. The molecule has 2 aromatic carbocycles. The summed E-state index contributed by atoms with van der Waals surface area (Å²) in [5.41, 5.74) is 2.73. The zero-order valence-corrected chi connectivity index (χ0v) is 17.5. The average molecular weight is 383 g/mol. The van der Waals surface area contributed by atoms with Crippen molar-refractivity contribution >= 4 is 5.91 Å². The number of hydrogen-bond acceptors (Lipinski definition) is 4. The van der Waals surface area contributed by atoms with Crippen LogP contribution in [0.3, 0.4) is 0 Å². The molecule has 150 valence electrons. The summed E-state index contributed by atoms with van der Waals surface area (Å²) >= 11 is 0. The molecule has 5 nitrogen and oxygen atoms in total. The van der Waals surface area contributed by atoms with Gasteiger partial charge in [0.2, 0.25) is 0 Å². The summed E-state index contributed by atoms with van der Waals surface area (Å²) in [4.78, 5) is 12.9. The first-order valence-corrected chi connectivity index (χ1v) is 9.60. The fourth-order valence-corrected chi connectivity index (χ4v) is 3.47. The van der Waals surface area contributed by atoms with Gasteiger partial charge in [0.25, 0.3) is 5.91 Å². The lowest BCUT2D eigenvalue weighted by Gasteiger charge is -2.38. The van der Waals surface area contributed by atoms with Crippen LogP contribution < -0.4 is 19.5 Å². The highest BCUT2D eigenvalue weighted by molar-refractivity contribution is 5.81. The summed E-state index contributed by atoms with van der Waals surface area (Å²) < 4.78 is 17.4. The van der Waals surface area contributed by atoms with Crippen LogP contribution in [0.4, 0.5) is 0 Å². The molecular weight excluding hydrogens is 354 g/mol. The number of carbonyl (C=O) groups is 1. The standard InChI is InChI=1S/C23H29NO4/c1-14-8-7-9-20(15(14)2)27-16(3)22(25)24-19-13-23(4,5)28-21-11-10-17(26-6)12-18(19)21/h7-12,16,19H,13H2,1-6H3,(H,24,25)/t16-,19+/m1/s1. The Morgan fingerprint density at radius 2 is 2.00 bits per heavy atom. The summed E-state index contributed by atoms with van der Waals surface area (Å²) in [6, 6.07) is 11.4. The summed E-state index contributed by atoms with van der Waals surface area (Å²) in [7, 11) is 1.63. The molecule has 1 aliphatic rings. The van der Waals surface area contributed by atoms with Crippen molar-refractivity contribution in [2.24, 2.45) is 0 Å². The number of aryl methyl sites for hydroxylation is 1. The molecule has 5 heteroatoms. The summed E-state index contributed by atoms with van der Waals surface area (Å²) in [6.07, 6.45) is 0.0512. The van der Waals surface area contributed by atoms with Crippen molar-refractivity contribution in [1.82, 2.24) is 5.32 Å². The van der Waals surface area contributed by atoms with Gasteiger partial charge in [-0.25, -0.2) is 0 Å². The van der Waals surface area contributed by atoms with Crippen LogP contribution >= 0.6 is 0 Å². The van der Waals surface area contributed by atoms with Gasteiger partial charge in [-0.05, 0) is 70.0 Å². The van der Waals surface area contributed by atoms with Crippen molar-refractivity contribution in [3.05, 3.63) is 53.1 Å². The number of fused-ring (bicyclic) bond motifs is 1. The normalized spacial score (nSPS) is 18.4. The molecule has 2 aromatic rings. The van der Waals surface area contributed by atoms with E-state index in [0.717, 1.165) is 33.9 Å². The molecule has 2 atom stereocenters. The van der Waals surface area contributed by atoms with Gasteiger partial charge >= 0.3 is 0 Å². The van der Waals surface area contributed by atoms with Crippen LogP contribution in [0.5, 0.6) is 17.2 Å². The van der Waals surface area contributed by atoms with Gasteiger partial charge in [0, 0.05) is 12.0 Å². The molecule has 1 amide bonds. The number of nitrogens with one attached hydrogen (secondary N) is 1. The van der Waals surface area contributed by atoms with E-state index in [2.05, 4.69) is 5.32 Å². The third kappa shape index (κ3) is 4.24. The molecule has 0 radical (unpaired) electrons. The highest BCUT2D eigenvalue weighted by Crippen LogP contribution is 2.41. The molecule has 28 heavy (non-hydrogen) atoms. The maximum absolute atomic E-state index is 12.9. The van der Waals surface area contributed by atoms with Crippen molar-refractivity contribution in [2.75, 3.05) is 7.11 Å². The number of benzene rings is 2. The van der Waals surface area contributed by atoms with E-state index >= 15 is 0 Å². The number of rotatable bonds is 5. The van der Waals surface area contributed by atoms with Crippen molar-refractivity contribution in [3.63, 3.8) is 0 Å². The Morgan fingerprint density at radius 3 is 2.71 bits per heavy atom. The quantitative estimate of drug-likeness (QED) is 0.826. The molecule has 0 bridgehead atoms. The SMILES string of the molecule is COc1ccc2c(c1)[C@@H](NC(=O)[C@@H](C)Oc1cccc(C)c1C)CC(C)(C)O2. The Kier molecular flexibility index (Phi) is 5.54. The van der Waals surface area contributed by atoms with E-state index < -0.39 is 6.10 Å². The van der Waals surface area contributed by atoms with Gasteiger partial charge in [-0.15, -0.1) is 0 Å². The molecular formula is C23H29NO4. The minimum absolute atomic E-state index is 0.155. The Hall–Kier alpha value is -2.69. The Morgan fingerprint density at radius 1 is 1.25 bits per heavy atom. The number of methoxy groups -OCH3 is 1. The molecule has 0 saturated heterocycles. The maximum Gasteiger partial charge on any atom is 0.261 e. The monoisotopic (exact) mass is 383 g/mol. The van der Waals surface area contributed by atoms with Crippen molar-refractivity contribution in [1.29, 1.82) is 0 Å². The highest BCUT2D eigenvalue weighted by Gasteiger charge is 2.35. The van der Waals surface area contributed by atoms with Crippen molar-refractivity contribution in [3.8, 4) is 17.2 Å². The molecule has 1 heterocycles. The van der Waals surface area contributed by atoms with Crippen molar-refractivity contribution in [2.45, 2.75) is 58.8 Å². The maximum atomic E-state index is 12.9. The number of ether oxygens (including phenoxy) is 3. The lowest BCUT2D eigenvalue weighted by Crippen LogP contribution is -2.44. The molecule has 0 saturated carbocycles. The van der Waals surface area contributed by atoms with Gasteiger partial charge in [-0.1, -0.05) is 12.1 Å². The van der Waals surface area contributed by atoms with E-state index in [0.29, 0.717) is 6.42 Å². The highest BCUT2D eigenvalue weighted by atomic mass is 16.5. The molecule has 1 aliphatic heterocycles. The first kappa shape index (κ1) is 20.1. The van der Waals surface area contributed by atoms with Gasteiger partial charge in [0.15, 0.2) is 6.10 Å². The number of hydrogen-bond donors (Lipinski definition) is 1. The van der Waals surface area contributed by atoms with Gasteiger partial charge < -0.3 is 19.5 Å². The van der Waals surface area contributed by atoms with Gasteiger partial charge in [0.1, 0.15) is 22.8 Å². The van der Waals surface area contributed by atoms with Crippen LogP contribution in [0.1, 0.15) is 49.9 Å². The smallest absolute Gasteiger partial charge is 0.261 e. The first-order chi connectivity index (χ1) is 13.2. The third-order valence-corrected chi connectivity index (χ3v) is 5.22. The number of carbonyl (C=O) groups excluding carboxylic acids is 1. The summed E-state index contributed by atoms with van der Waals surface area (Å²) in [5.74, 6) is 2.08. The lowest BCUT2D eigenvalue weighted by molar-refractivity contribution is -0.128. The molecule has 3 rings (SSSR count). The van der Waals surface area contributed by atoms with E-state index in [1.165, 1.54) is 0 Å². The Labute approximate surface area is 167 Å². The van der Waals surface area contributed by atoms with E-state index in [-0.39, 0.29) is 17.6 Å². The Bertz CT molecular complexity index is 875. The second-order valence-electron chi connectivity index (χ2n) is 7.99. The topological polar surface area (TPSA) is 56.8 Å². The zero-order chi connectivity index (χ0) is 20.5. The number of amides is 1. The van der Waals surface area contributed by atoms with E-state index in [9.17, 15) is 4.79 Å². The molecule has 0 spiro atoms. The molecule has 0 aliphatic carbocycles. The Balaban J connectivity index is 1.78. The van der Waals surface area contributed by atoms with Gasteiger partial charge in [-0.3, -0.25) is 4.79 Å². The molecule has 1 N–H and O–H groups in total. The predicted molar refractivity (Wildman–Crippen MR) is 109 cm³/mol. The second kappa shape index (κ2) is 7.74. The largest absolute Gasteiger partial charge is 0.497 e. The van der Waals surface area contributed by atoms with Gasteiger partial charge in [-0.2, -0.15) is 0 Å². The van der Waals surface area contributed by atoms with E-state index in [1.54, 1.807) is 14.0 Å². The first-order valence-electron chi connectivity index (χ1n) is 9.60. The van der Waals surface area contributed by atoms with Crippen LogP contribution in [-0.4, -0.2) is 24.7 Å². The fourth-order valence-electron chi connectivity index (χ4n) is 3.47. The van der Waals surface area contributed by atoms with Crippen LogP contribution in [0.25, 0.3) is 0 Å². The van der Waals surface area contributed by atoms with Crippen LogP contribution in [0, 0.1) is 13.8 Å². The lowest BCUT2D eigenvalue weighted by atomic mass is 9.89. The summed E-state index contributed by atoms with van der Waals surface area (Å²) in [5, 5.41) is 3.14. The summed E-state index contributed by atoms with van der Waals surface area (Å²) in [6.45, 7) is 9.85. The molecule has 0 unspecified atom stereocenters. The van der Waals surface area contributed by atoms with Crippen LogP contribution in [0.15, 0.2) is 36.4 Å². The zero-order valence-electron chi connectivity index (χ0n) is 17.5. The minimum Gasteiger partial charge on any atom is -0.497 e. The van der Waals surface area contributed by atoms with E-state index in [4.69, 9.17) is 14.2 Å². The minimum atomic E-state index is -0.611. The van der Waals surface area contributed by atoms with Crippen LogP contribution in [-0.2, 0) is 4.79 Å². The fraction of sp³-hybridized carbons (Fsp3) is 0.435. The third-order valence-electron chi connectivity index (χ3n) is 5.22. The van der Waals surface area contributed by atoms with E-state index in [1.807, 2.05) is 64.1 Å². The second-order valence-corrected chi connectivity index (χ2v) is 7.99. The van der Waals surface area contributed by atoms with Crippen LogP contribution in [0.2, 0.25) is 0 Å². The van der Waals surface area contributed by atoms with Crippen molar-refractivity contribution < 1.29 is 19.0 Å². The van der Waals surface area contributed by atoms with Gasteiger partial charge in [0.05, 0.1) is 13.2 Å². The molecule has 0 fully saturated rings. The molecule has 0 aromatic heterocycles. The predicted octanol–water partition coefficient (Wildman–Crippen LogP) is 4.50.